The summed E-state index contributed by atoms with van der Waals surface area (Å²) in [6, 6.07) is -1.09. The Hall–Kier alpha value is -2.60. The summed E-state index contributed by atoms with van der Waals surface area (Å²) in [5.41, 5.74) is 6.80. The lowest BCUT2D eigenvalue weighted by molar-refractivity contribution is -0.147. The van der Waals surface area contributed by atoms with E-state index < -0.39 is 31.5 Å². The zero-order valence-electron chi connectivity index (χ0n) is 18.5. The van der Waals surface area contributed by atoms with Gasteiger partial charge in [0.25, 0.3) is 0 Å². The van der Waals surface area contributed by atoms with Crippen LogP contribution in [0, 0.1) is 0 Å². The van der Waals surface area contributed by atoms with Gasteiger partial charge in [0.1, 0.15) is 24.2 Å². The van der Waals surface area contributed by atoms with E-state index in [1.165, 1.54) is 13.3 Å². The van der Waals surface area contributed by atoms with E-state index in [9.17, 15) is 19.3 Å². The molecular weight excluding hydrogens is 441 g/mol. The van der Waals surface area contributed by atoms with Gasteiger partial charge in [-0.2, -0.15) is 0 Å². The first-order valence-corrected chi connectivity index (χ1v) is 12.0. The first-order chi connectivity index (χ1) is 15.0. The third-order valence-corrected chi connectivity index (χ3v) is 6.31. The Morgan fingerprint density at radius 2 is 1.97 bits per heavy atom. The Kier molecular flexibility index (Phi) is 9.08. The zero-order valence-corrected chi connectivity index (χ0v) is 19.4. The van der Waals surface area contributed by atoms with Gasteiger partial charge in [-0.25, -0.2) is 20.0 Å². The van der Waals surface area contributed by atoms with Crippen LogP contribution in [0.25, 0.3) is 11.2 Å². The van der Waals surface area contributed by atoms with Crippen molar-refractivity contribution in [2.45, 2.75) is 58.9 Å². The topological polar surface area (TPSA) is 184 Å². The van der Waals surface area contributed by atoms with Crippen LogP contribution in [0.2, 0.25) is 0 Å². The van der Waals surface area contributed by atoms with E-state index in [0.29, 0.717) is 17.7 Å². The van der Waals surface area contributed by atoms with Crippen molar-refractivity contribution in [1.82, 2.24) is 29.7 Å². The fourth-order valence-corrected chi connectivity index (χ4v) is 4.68. The fourth-order valence-electron chi connectivity index (χ4n) is 2.75. The molecule has 0 amide bonds. The van der Waals surface area contributed by atoms with Gasteiger partial charge in [0.15, 0.2) is 11.5 Å². The number of nitrogens with zero attached hydrogens (tertiary/aromatic N) is 4. The van der Waals surface area contributed by atoms with Crippen LogP contribution in [0.3, 0.4) is 0 Å². The first kappa shape index (κ1) is 25.7. The number of hydrogen-bond donors (Lipinski definition) is 4. The number of imidazole rings is 1. The second-order valence-corrected chi connectivity index (χ2v) is 9.87. The highest BCUT2D eigenvalue weighted by molar-refractivity contribution is 7.59. The van der Waals surface area contributed by atoms with Gasteiger partial charge in [0.05, 0.1) is 31.5 Å². The smallest absolute Gasteiger partial charge is 0.320 e. The molecular formula is C18H30N7O6P. The van der Waals surface area contributed by atoms with Crippen molar-refractivity contribution in [3.05, 3.63) is 12.7 Å². The van der Waals surface area contributed by atoms with Gasteiger partial charge in [-0.1, -0.05) is 0 Å². The number of carboxylic acid groups (broad SMARTS) is 1. The van der Waals surface area contributed by atoms with Crippen LogP contribution < -0.4 is 15.9 Å². The van der Waals surface area contributed by atoms with Crippen molar-refractivity contribution in [1.29, 1.82) is 0 Å². The van der Waals surface area contributed by atoms with Crippen molar-refractivity contribution >= 4 is 36.4 Å². The number of anilines is 1. The first-order valence-electron chi connectivity index (χ1n) is 10.1. The number of carbonyl (C=O) groups excluding carboxylic acids is 1. The van der Waals surface area contributed by atoms with Gasteiger partial charge in [0.2, 0.25) is 7.44 Å². The Labute approximate surface area is 185 Å². The summed E-state index contributed by atoms with van der Waals surface area (Å²) in [6.45, 7) is 6.96. The largest absolute Gasteiger partial charge is 0.480 e. The van der Waals surface area contributed by atoms with Crippen molar-refractivity contribution in [3.8, 4) is 0 Å². The monoisotopic (exact) mass is 471 g/mol. The molecule has 0 saturated heterocycles. The minimum atomic E-state index is -3.50. The molecule has 2 aromatic rings. The lowest BCUT2D eigenvalue weighted by Crippen LogP contribution is -2.38. The van der Waals surface area contributed by atoms with Crippen molar-refractivity contribution in [2.24, 2.45) is 0 Å². The SMILES string of the molecule is CC(C)OC(=O)CCN[P@@](=O)(CO[C@H](C)Cn1cnc2c(N)ncnc21)N[C@H](C)C(=O)O. The third kappa shape index (κ3) is 7.52. The Morgan fingerprint density at radius 1 is 1.25 bits per heavy atom. The number of ether oxygens (including phenoxy) is 2. The van der Waals surface area contributed by atoms with Gasteiger partial charge < -0.3 is 24.9 Å². The molecule has 5 N–H and O–H groups in total. The lowest BCUT2D eigenvalue weighted by atomic mass is 10.4. The maximum atomic E-state index is 13.3. The van der Waals surface area contributed by atoms with Crippen LogP contribution in [0.1, 0.15) is 34.1 Å². The lowest BCUT2D eigenvalue weighted by Gasteiger charge is -2.25. The summed E-state index contributed by atoms with van der Waals surface area (Å²) in [7, 11) is -3.50. The second kappa shape index (κ2) is 11.3. The molecule has 14 heteroatoms. The normalized spacial score (nSPS) is 15.4. The molecule has 0 spiro atoms. The van der Waals surface area contributed by atoms with Crippen molar-refractivity contribution in [3.63, 3.8) is 0 Å². The number of carbonyl (C=O) groups is 2. The molecule has 0 unspecified atom stereocenters. The van der Waals surface area contributed by atoms with Crippen LogP contribution in [-0.2, 0) is 30.2 Å². The predicted molar refractivity (Wildman–Crippen MR) is 117 cm³/mol. The molecule has 32 heavy (non-hydrogen) atoms. The fraction of sp³-hybridized carbons (Fsp3) is 0.611. The van der Waals surface area contributed by atoms with E-state index in [-0.39, 0.29) is 31.2 Å². The van der Waals surface area contributed by atoms with Crippen LogP contribution in [0.15, 0.2) is 12.7 Å². The van der Waals surface area contributed by atoms with Crippen molar-refractivity contribution < 1.29 is 28.7 Å². The van der Waals surface area contributed by atoms with E-state index in [4.69, 9.17) is 15.2 Å². The van der Waals surface area contributed by atoms with Crippen LogP contribution in [0.4, 0.5) is 5.82 Å². The zero-order chi connectivity index (χ0) is 23.9. The second-order valence-electron chi connectivity index (χ2n) is 7.56. The van der Waals surface area contributed by atoms with E-state index in [1.54, 1.807) is 31.7 Å². The highest BCUT2D eigenvalue weighted by atomic mass is 31.2. The van der Waals surface area contributed by atoms with Gasteiger partial charge in [-0.3, -0.25) is 19.2 Å². The van der Waals surface area contributed by atoms with E-state index in [1.807, 2.05) is 0 Å². The molecule has 0 aliphatic rings. The molecule has 0 aromatic carbocycles. The number of carboxylic acids is 1. The summed E-state index contributed by atoms with van der Waals surface area (Å²) >= 11 is 0. The number of aliphatic carboxylic acids is 1. The number of nitrogens with two attached hydrogens (primary N) is 1. The Bertz CT molecular complexity index is 982. The molecule has 2 rings (SSSR count). The van der Waals surface area contributed by atoms with Gasteiger partial charge >= 0.3 is 11.9 Å². The Morgan fingerprint density at radius 3 is 2.62 bits per heavy atom. The van der Waals surface area contributed by atoms with Crippen molar-refractivity contribution in [2.75, 3.05) is 18.6 Å². The number of hydrogen-bond acceptors (Lipinski definition) is 9. The molecule has 178 valence electrons. The Balaban J connectivity index is 1.99. The van der Waals surface area contributed by atoms with Crippen LogP contribution in [-0.4, -0.2) is 67.7 Å². The van der Waals surface area contributed by atoms with E-state index in [2.05, 4.69) is 25.1 Å². The standard InChI is InChI=1S/C18H30N7O6P/c1-11(2)31-14(26)5-6-23-32(29,24-13(4)18(27)28)10-30-12(3)7-25-9-22-15-16(19)20-8-21-17(15)25/h8-9,11-13H,5-7,10H2,1-4H3,(H,27,28)(H2,19,20,21)(H2,23,24,29)/t12-,13-,32+/m1/s1. The predicted octanol–water partition coefficient (Wildman–Crippen LogP) is 0.958. The summed E-state index contributed by atoms with van der Waals surface area (Å²) < 4.78 is 25.8. The maximum absolute atomic E-state index is 13.3. The summed E-state index contributed by atoms with van der Waals surface area (Å²) in [4.78, 5) is 35.2. The minimum absolute atomic E-state index is 0.0248. The quantitative estimate of drug-likeness (QED) is 0.240. The molecule has 0 saturated carbocycles. The summed E-state index contributed by atoms with van der Waals surface area (Å²) in [5, 5.41) is 14.5. The molecule has 0 fully saturated rings. The van der Waals surface area contributed by atoms with Gasteiger partial charge in [-0.15, -0.1) is 0 Å². The van der Waals surface area contributed by atoms with E-state index >= 15 is 0 Å². The van der Waals surface area contributed by atoms with Gasteiger partial charge in [-0.05, 0) is 27.7 Å². The van der Waals surface area contributed by atoms with Crippen LogP contribution in [0.5, 0.6) is 0 Å². The number of aromatic nitrogens is 4. The van der Waals surface area contributed by atoms with Gasteiger partial charge in [0, 0.05) is 6.54 Å². The summed E-state index contributed by atoms with van der Waals surface area (Å²) in [5.74, 6) is -1.35. The summed E-state index contributed by atoms with van der Waals surface area (Å²) in [6.07, 6.45) is 1.88. The molecule has 3 atom stereocenters. The van der Waals surface area contributed by atoms with Crippen LogP contribution >= 0.6 is 7.44 Å². The van der Waals surface area contributed by atoms with E-state index in [0.717, 1.165) is 0 Å². The number of nitrogens with one attached hydrogen (secondary N) is 2. The average Bonchev–Trinajstić information content (AvgIpc) is 3.10. The highest BCUT2D eigenvalue weighted by Crippen LogP contribution is 2.37. The molecule has 0 bridgehead atoms. The molecule has 2 aromatic heterocycles. The number of esters is 1. The molecule has 0 aliphatic carbocycles. The molecule has 0 aliphatic heterocycles. The molecule has 13 nitrogen and oxygen atoms in total. The molecule has 0 radical (unpaired) electrons. The highest BCUT2D eigenvalue weighted by Gasteiger charge is 2.28. The number of fused-ring (bicyclic) bond motifs is 1. The average molecular weight is 471 g/mol. The number of nitrogen functional groups attached to an aromatic ring is 1. The minimum Gasteiger partial charge on any atom is -0.480 e. The maximum Gasteiger partial charge on any atom is 0.320 e. The molecule has 2 heterocycles. The third-order valence-electron chi connectivity index (χ3n) is 4.26. The number of rotatable bonds is 13.